The summed E-state index contributed by atoms with van der Waals surface area (Å²) in [5.74, 6) is 1.52. The summed E-state index contributed by atoms with van der Waals surface area (Å²) in [5.41, 5.74) is 3.32. The fraction of sp³-hybridized carbons (Fsp3) is 0.364. The first-order chi connectivity index (χ1) is 13.1. The zero-order chi connectivity index (χ0) is 18.8. The summed E-state index contributed by atoms with van der Waals surface area (Å²) in [6.07, 6.45) is 2.10. The molecule has 0 saturated carbocycles. The molecule has 1 aliphatic rings. The summed E-state index contributed by atoms with van der Waals surface area (Å²) in [7, 11) is 0. The molecule has 0 unspecified atom stereocenters. The van der Waals surface area contributed by atoms with Crippen molar-refractivity contribution in [2.75, 3.05) is 13.1 Å². The Morgan fingerprint density at radius 1 is 1.26 bits per heavy atom. The summed E-state index contributed by atoms with van der Waals surface area (Å²) < 4.78 is 0. The molecule has 0 aliphatic carbocycles. The molecule has 5 heteroatoms. The van der Waals surface area contributed by atoms with E-state index in [9.17, 15) is 4.79 Å². The second kappa shape index (κ2) is 7.77. The van der Waals surface area contributed by atoms with E-state index in [1.54, 1.807) is 11.8 Å². The van der Waals surface area contributed by atoms with Gasteiger partial charge >= 0.3 is 0 Å². The summed E-state index contributed by atoms with van der Waals surface area (Å²) in [6, 6.07) is 16.4. The van der Waals surface area contributed by atoms with Crippen LogP contribution < -0.4 is 0 Å². The maximum Gasteiger partial charge on any atom is 0.235 e. The third-order valence-electron chi connectivity index (χ3n) is 5.18. The van der Waals surface area contributed by atoms with Gasteiger partial charge in [-0.05, 0) is 56.5 Å². The van der Waals surface area contributed by atoms with E-state index in [1.165, 1.54) is 5.56 Å². The van der Waals surface area contributed by atoms with Gasteiger partial charge in [0.1, 0.15) is 5.82 Å². The molecule has 0 spiro atoms. The van der Waals surface area contributed by atoms with E-state index < -0.39 is 0 Å². The smallest absolute Gasteiger partial charge is 0.235 e. The van der Waals surface area contributed by atoms with Crippen LogP contribution in [0.3, 0.4) is 0 Å². The highest BCUT2D eigenvalue weighted by atomic mass is 32.2. The lowest BCUT2D eigenvalue weighted by atomic mass is 9.97. The average Bonchev–Trinajstić information content (AvgIpc) is 3.11. The zero-order valence-electron chi connectivity index (χ0n) is 15.8. The predicted molar refractivity (Wildman–Crippen MR) is 111 cm³/mol. The number of piperidine rings is 1. The number of aryl methyl sites for hydroxylation is 1. The molecule has 140 valence electrons. The molecule has 4 rings (SSSR count). The van der Waals surface area contributed by atoms with Crippen molar-refractivity contribution in [2.45, 2.75) is 42.8 Å². The summed E-state index contributed by atoms with van der Waals surface area (Å²) >= 11 is 1.63. The molecule has 0 radical (unpaired) electrons. The van der Waals surface area contributed by atoms with Crippen molar-refractivity contribution in [3.63, 3.8) is 0 Å². The van der Waals surface area contributed by atoms with Gasteiger partial charge in [0.05, 0.1) is 16.3 Å². The molecule has 1 aliphatic heterocycles. The molecule has 2 heterocycles. The molecule has 3 aromatic rings. The number of carbonyl (C=O) groups excluding carboxylic acids is 1. The van der Waals surface area contributed by atoms with Gasteiger partial charge in [-0.1, -0.05) is 24.3 Å². The number of rotatable bonds is 4. The average molecular weight is 380 g/mol. The number of benzene rings is 2. The SMILES string of the molecule is Cc1ccc2nc([C@@H]3CCCN(C(=O)[C@@H](C)Sc4ccccc4)C3)[nH]c2c1. The number of carbonyl (C=O) groups is 1. The number of nitrogens with one attached hydrogen (secondary N) is 1. The van der Waals surface area contributed by atoms with Crippen molar-refractivity contribution in [1.82, 2.24) is 14.9 Å². The van der Waals surface area contributed by atoms with Crippen LogP contribution in [0.5, 0.6) is 0 Å². The Morgan fingerprint density at radius 2 is 2.07 bits per heavy atom. The number of hydrogen-bond acceptors (Lipinski definition) is 3. The van der Waals surface area contributed by atoms with Crippen molar-refractivity contribution in [2.24, 2.45) is 0 Å². The topological polar surface area (TPSA) is 49.0 Å². The number of amides is 1. The number of aromatic amines is 1. The highest BCUT2D eigenvalue weighted by Crippen LogP contribution is 2.30. The van der Waals surface area contributed by atoms with Gasteiger partial charge in [-0.2, -0.15) is 0 Å². The maximum absolute atomic E-state index is 13.0. The van der Waals surface area contributed by atoms with Crippen molar-refractivity contribution in [3.8, 4) is 0 Å². The largest absolute Gasteiger partial charge is 0.342 e. The Labute approximate surface area is 164 Å². The van der Waals surface area contributed by atoms with Crippen LogP contribution in [0.25, 0.3) is 11.0 Å². The lowest BCUT2D eigenvalue weighted by molar-refractivity contribution is -0.131. The van der Waals surface area contributed by atoms with Gasteiger partial charge < -0.3 is 9.88 Å². The minimum atomic E-state index is -0.0792. The van der Waals surface area contributed by atoms with E-state index in [-0.39, 0.29) is 17.1 Å². The third-order valence-corrected chi connectivity index (χ3v) is 6.28. The van der Waals surface area contributed by atoms with Gasteiger partial charge in [-0.25, -0.2) is 4.98 Å². The second-order valence-corrected chi connectivity index (χ2v) is 8.75. The van der Waals surface area contributed by atoms with E-state index in [0.29, 0.717) is 0 Å². The molecule has 1 saturated heterocycles. The highest BCUT2D eigenvalue weighted by Gasteiger charge is 2.29. The molecule has 27 heavy (non-hydrogen) atoms. The second-order valence-electron chi connectivity index (χ2n) is 7.34. The maximum atomic E-state index is 13.0. The Hall–Kier alpha value is -2.27. The number of imidazole rings is 1. The molecule has 2 aromatic carbocycles. The molecule has 1 aromatic heterocycles. The van der Waals surface area contributed by atoms with Crippen LogP contribution in [-0.2, 0) is 4.79 Å². The van der Waals surface area contributed by atoms with Gasteiger partial charge in [-0.15, -0.1) is 11.8 Å². The van der Waals surface area contributed by atoms with Crippen LogP contribution in [0.1, 0.15) is 37.1 Å². The third kappa shape index (κ3) is 4.03. The van der Waals surface area contributed by atoms with E-state index in [0.717, 1.165) is 47.7 Å². The van der Waals surface area contributed by atoms with Gasteiger partial charge in [0.25, 0.3) is 0 Å². The molecule has 1 amide bonds. The quantitative estimate of drug-likeness (QED) is 0.665. The van der Waals surface area contributed by atoms with Gasteiger partial charge in [0.15, 0.2) is 0 Å². The zero-order valence-corrected chi connectivity index (χ0v) is 16.6. The van der Waals surface area contributed by atoms with Crippen LogP contribution in [0.2, 0.25) is 0 Å². The van der Waals surface area contributed by atoms with Crippen molar-refractivity contribution < 1.29 is 4.79 Å². The fourth-order valence-corrected chi connectivity index (χ4v) is 4.72. The van der Waals surface area contributed by atoms with Gasteiger partial charge in [-0.3, -0.25) is 4.79 Å². The number of H-pyrrole nitrogens is 1. The first-order valence-corrected chi connectivity index (χ1v) is 10.4. The molecular formula is C22H25N3OS. The Balaban J connectivity index is 1.45. The number of likely N-dealkylation sites (tertiary alicyclic amines) is 1. The first-order valence-electron chi connectivity index (χ1n) is 9.57. The summed E-state index contributed by atoms with van der Waals surface area (Å²) in [4.78, 5) is 24.4. The molecule has 0 bridgehead atoms. The van der Waals surface area contributed by atoms with Crippen LogP contribution in [0, 0.1) is 6.92 Å². The van der Waals surface area contributed by atoms with Gasteiger partial charge in [0, 0.05) is 23.9 Å². The number of aromatic nitrogens is 2. The lowest BCUT2D eigenvalue weighted by Crippen LogP contribution is -2.42. The van der Waals surface area contributed by atoms with Crippen molar-refractivity contribution in [1.29, 1.82) is 0 Å². The summed E-state index contributed by atoms with van der Waals surface area (Å²) in [5, 5.41) is -0.0792. The molecule has 2 atom stereocenters. The number of nitrogens with zero attached hydrogens (tertiary/aromatic N) is 2. The highest BCUT2D eigenvalue weighted by molar-refractivity contribution is 8.00. The van der Waals surface area contributed by atoms with E-state index >= 15 is 0 Å². The van der Waals surface area contributed by atoms with Crippen LogP contribution in [0.4, 0.5) is 0 Å². The van der Waals surface area contributed by atoms with Crippen LogP contribution in [-0.4, -0.2) is 39.1 Å². The minimum absolute atomic E-state index is 0.0792. The Bertz CT molecular complexity index is 937. The molecular weight excluding hydrogens is 354 g/mol. The van der Waals surface area contributed by atoms with Gasteiger partial charge in [0.2, 0.25) is 5.91 Å². The lowest BCUT2D eigenvalue weighted by Gasteiger charge is -2.33. The fourth-order valence-electron chi connectivity index (χ4n) is 3.75. The summed E-state index contributed by atoms with van der Waals surface area (Å²) in [6.45, 7) is 5.69. The van der Waals surface area contributed by atoms with Crippen LogP contribution >= 0.6 is 11.8 Å². The number of hydrogen-bond donors (Lipinski definition) is 1. The van der Waals surface area contributed by atoms with E-state index in [4.69, 9.17) is 4.98 Å². The Kier molecular flexibility index (Phi) is 5.21. The number of thioether (sulfide) groups is 1. The first kappa shape index (κ1) is 18.1. The normalized spacial score (nSPS) is 18.6. The molecule has 1 fully saturated rings. The number of fused-ring (bicyclic) bond motifs is 1. The molecule has 1 N–H and O–H groups in total. The van der Waals surface area contributed by atoms with Crippen molar-refractivity contribution >= 4 is 28.7 Å². The standard InChI is InChI=1S/C22H25N3OS/c1-15-10-11-19-20(13-15)24-21(23-19)17-7-6-12-25(14-17)22(26)16(2)27-18-8-4-3-5-9-18/h3-5,8-11,13,16-17H,6-7,12,14H2,1-2H3,(H,23,24)/t16-,17-/m1/s1. The minimum Gasteiger partial charge on any atom is -0.342 e. The monoisotopic (exact) mass is 379 g/mol. The van der Waals surface area contributed by atoms with E-state index in [1.807, 2.05) is 30.0 Å². The van der Waals surface area contributed by atoms with E-state index in [2.05, 4.69) is 42.2 Å². The molecule has 4 nitrogen and oxygen atoms in total. The van der Waals surface area contributed by atoms with Crippen LogP contribution in [0.15, 0.2) is 53.4 Å². The van der Waals surface area contributed by atoms with Crippen molar-refractivity contribution in [3.05, 3.63) is 59.9 Å². The Morgan fingerprint density at radius 3 is 2.89 bits per heavy atom. The predicted octanol–water partition coefficient (Wildman–Crippen LogP) is 4.76.